The van der Waals surface area contributed by atoms with Crippen LogP contribution in [0.25, 0.3) is 0 Å². The monoisotopic (exact) mass is 365 g/mol. The molecule has 1 heterocycles. The molecule has 1 aliphatic heterocycles. The maximum Gasteiger partial charge on any atom is 0.225 e. The van der Waals surface area contributed by atoms with Crippen molar-refractivity contribution >= 4 is 47.2 Å². The van der Waals surface area contributed by atoms with E-state index in [2.05, 4.69) is 10.2 Å². The molecule has 0 spiro atoms. The van der Waals surface area contributed by atoms with Crippen LogP contribution in [0.3, 0.4) is 0 Å². The number of rotatable bonds is 5. The molecule has 1 saturated heterocycles. The Balaban J connectivity index is 0.00000242. The van der Waals surface area contributed by atoms with Crippen molar-refractivity contribution in [3.63, 3.8) is 0 Å². The maximum absolute atomic E-state index is 12.1. The first-order valence-corrected chi connectivity index (χ1v) is 8.05. The first kappa shape index (κ1) is 19.5. The first-order valence-electron chi connectivity index (χ1n) is 7.30. The van der Waals surface area contributed by atoms with Crippen LogP contribution in [-0.4, -0.2) is 36.5 Å². The average Bonchev–Trinajstić information content (AvgIpc) is 2.49. The topological polar surface area (TPSA) is 58.4 Å². The second-order valence-electron chi connectivity index (χ2n) is 5.32. The summed E-state index contributed by atoms with van der Waals surface area (Å²) >= 11 is 12.1. The summed E-state index contributed by atoms with van der Waals surface area (Å²) in [5.74, 6) is -0.0775. The number of amides is 1. The highest BCUT2D eigenvalue weighted by molar-refractivity contribution is 6.39. The Morgan fingerprint density at radius 1 is 1.32 bits per heavy atom. The van der Waals surface area contributed by atoms with Crippen molar-refractivity contribution in [3.05, 3.63) is 28.2 Å². The molecule has 0 bridgehead atoms. The molecule has 124 valence electrons. The molecular formula is C15H22Cl3N3O. The van der Waals surface area contributed by atoms with Crippen LogP contribution in [0.2, 0.25) is 10.0 Å². The average molecular weight is 367 g/mol. The molecule has 0 aliphatic carbocycles. The molecule has 4 nitrogen and oxygen atoms in total. The van der Waals surface area contributed by atoms with Crippen LogP contribution in [0.15, 0.2) is 18.2 Å². The zero-order valence-corrected chi connectivity index (χ0v) is 14.7. The number of nitrogens with one attached hydrogen (secondary N) is 1. The molecule has 1 atom stereocenters. The van der Waals surface area contributed by atoms with E-state index in [1.165, 1.54) is 12.8 Å². The third kappa shape index (κ3) is 5.28. The van der Waals surface area contributed by atoms with Gasteiger partial charge in [0.05, 0.1) is 15.7 Å². The van der Waals surface area contributed by atoms with E-state index >= 15 is 0 Å². The highest BCUT2D eigenvalue weighted by Gasteiger charge is 2.21. The highest BCUT2D eigenvalue weighted by Crippen LogP contribution is 2.29. The molecule has 1 aromatic rings. The van der Waals surface area contributed by atoms with Gasteiger partial charge in [-0.2, -0.15) is 0 Å². The lowest BCUT2D eigenvalue weighted by molar-refractivity contribution is -0.116. The minimum Gasteiger partial charge on any atom is -0.329 e. The van der Waals surface area contributed by atoms with E-state index in [0.29, 0.717) is 34.7 Å². The summed E-state index contributed by atoms with van der Waals surface area (Å²) in [6, 6.07) is 5.56. The fourth-order valence-electron chi connectivity index (χ4n) is 2.69. The molecule has 0 saturated carbocycles. The second-order valence-corrected chi connectivity index (χ2v) is 6.13. The number of carbonyl (C=O) groups is 1. The van der Waals surface area contributed by atoms with E-state index < -0.39 is 0 Å². The van der Waals surface area contributed by atoms with Crippen molar-refractivity contribution in [1.82, 2.24) is 4.90 Å². The van der Waals surface area contributed by atoms with Gasteiger partial charge in [0.25, 0.3) is 0 Å². The lowest BCUT2D eigenvalue weighted by Crippen LogP contribution is -2.45. The van der Waals surface area contributed by atoms with E-state index in [9.17, 15) is 4.79 Å². The van der Waals surface area contributed by atoms with Crippen LogP contribution < -0.4 is 11.1 Å². The molecule has 0 aromatic heterocycles. The summed E-state index contributed by atoms with van der Waals surface area (Å²) in [6.07, 6.45) is 3.93. The molecular weight excluding hydrogens is 345 g/mol. The number of nitrogens with zero attached hydrogens (tertiary/aromatic N) is 1. The van der Waals surface area contributed by atoms with Crippen molar-refractivity contribution < 1.29 is 4.79 Å². The lowest BCUT2D eigenvalue weighted by atomic mass is 10.0. The molecule has 3 N–H and O–H groups in total. The van der Waals surface area contributed by atoms with Gasteiger partial charge in [0, 0.05) is 25.6 Å². The van der Waals surface area contributed by atoms with E-state index in [-0.39, 0.29) is 18.3 Å². The third-order valence-electron chi connectivity index (χ3n) is 3.87. The van der Waals surface area contributed by atoms with Gasteiger partial charge in [-0.3, -0.25) is 9.69 Å². The molecule has 1 aliphatic rings. The van der Waals surface area contributed by atoms with Gasteiger partial charge in [-0.1, -0.05) is 35.7 Å². The fraction of sp³-hybridized carbons (Fsp3) is 0.533. The maximum atomic E-state index is 12.1. The summed E-state index contributed by atoms with van der Waals surface area (Å²) in [4.78, 5) is 14.4. The Kier molecular flexibility index (Phi) is 8.50. The van der Waals surface area contributed by atoms with Gasteiger partial charge in [-0.15, -0.1) is 12.4 Å². The van der Waals surface area contributed by atoms with Gasteiger partial charge in [-0.05, 0) is 31.5 Å². The van der Waals surface area contributed by atoms with Crippen LogP contribution in [0.4, 0.5) is 5.69 Å². The predicted molar refractivity (Wildman–Crippen MR) is 95.2 cm³/mol. The van der Waals surface area contributed by atoms with E-state index in [1.807, 2.05) is 0 Å². The zero-order chi connectivity index (χ0) is 15.2. The molecule has 22 heavy (non-hydrogen) atoms. The second kappa shape index (κ2) is 9.58. The Morgan fingerprint density at radius 2 is 2.00 bits per heavy atom. The van der Waals surface area contributed by atoms with Crippen LogP contribution in [0.1, 0.15) is 25.7 Å². The SMILES string of the molecule is Cl.NCC1CCCCN1CCC(=O)Nc1c(Cl)cccc1Cl. The number of para-hydroxylation sites is 1. The standard InChI is InChI=1S/C15H21Cl2N3O.ClH/c16-12-5-3-6-13(17)15(12)19-14(21)7-9-20-8-2-1-4-11(20)10-18;/h3,5-6,11H,1-2,4,7-10,18H2,(H,19,21);1H. The molecule has 0 radical (unpaired) electrons. The normalized spacial score (nSPS) is 18.6. The van der Waals surface area contributed by atoms with Crippen molar-refractivity contribution in [2.75, 3.05) is 25.0 Å². The Morgan fingerprint density at radius 3 is 2.64 bits per heavy atom. The van der Waals surface area contributed by atoms with E-state index in [1.54, 1.807) is 18.2 Å². The number of piperidine rings is 1. The van der Waals surface area contributed by atoms with E-state index in [4.69, 9.17) is 28.9 Å². The fourth-order valence-corrected chi connectivity index (χ4v) is 3.18. The van der Waals surface area contributed by atoms with Crippen LogP contribution in [0, 0.1) is 0 Å². The Labute approximate surface area is 147 Å². The highest BCUT2D eigenvalue weighted by atomic mass is 35.5. The minimum atomic E-state index is -0.0775. The van der Waals surface area contributed by atoms with Gasteiger partial charge in [0.15, 0.2) is 0 Å². The number of anilines is 1. The van der Waals surface area contributed by atoms with Gasteiger partial charge in [0.1, 0.15) is 0 Å². The summed E-state index contributed by atoms with van der Waals surface area (Å²) in [7, 11) is 0. The Bertz CT molecular complexity index is 479. The summed E-state index contributed by atoms with van der Waals surface area (Å²) < 4.78 is 0. The largest absolute Gasteiger partial charge is 0.329 e. The van der Waals surface area contributed by atoms with Crippen molar-refractivity contribution in [1.29, 1.82) is 0 Å². The van der Waals surface area contributed by atoms with Crippen LogP contribution in [0.5, 0.6) is 0 Å². The number of nitrogens with two attached hydrogens (primary N) is 1. The number of halogens is 3. The lowest BCUT2D eigenvalue weighted by Gasteiger charge is -2.34. The third-order valence-corrected chi connectivity index (χ3v) is 4.50. The molecule has 1 unspecified atom stereocenters. The molecule has 1 fully saturated rings. The summed E-state index contributed by atoms with van der Waals surface area (Å²) in [5, 5.41) is 3.70. The van der Waals surface area contributed by atoms with Gasteiger partial charge in [-0.25, -0.2) is 0 Å². The Hall–Kier alpha value is -0.520. The van der Waals surface area contributed by atoms with E-state index in [0.717, 1.165) is 19.5 Å². The predicted octanol–water partition coefficient (Wildman–Crippen LogP) is 3.56. The van der Waals surface area contributed by atoms with Gasteiger partial charge in [0.2, 0.25) is 5.91 Å². The van der Waals surface area contributed by atoms with Crippen LogP contribution in [-0.2, 0) is 4.79 Å². The summed E-state index contributed by atoms with van der Waals surface area (Å²) in [6.45, 7) is 2.38. The number of likely N-dealkylation sites (tertiary alicyclic amines) is 1. The van der Waals surface area contributed by atoms with Gasteiger partial charge < -0.3 is 11.1 Å². The van der Waals surface area contributed by atoms with Crippen molar-refractivity contribution in [2.24, 2.45) is 5.73 Å². The summed E-state index contributed by atoms with van der Waals surface area (Å²) in [5.41, 5.74) is 6.27. The van der Waals surface area contributed by atoms with Crippen LogP contribution >= 0.6 is 35.6 Å². The number of carbonyl (C=O) groups excluding carboxylic acids is 1. The zero-order valence-electron chi connectivity index (χ0n) is 12.4. The number of hydrogen-bond donors (Lipinski definition) is 2. The molecule has 2 rings (SSSR count). The minimum absolute atomic E-state index is 0. The smallest absolute Gasteiger partial charge is 0.225 e. The van der Waals surface area contributed by atoms with Gasteiger partial charge >= 0.3 is 0 Å². The quantitative estimate of drug-likeness (QED) is 0.837. The number of hydrogen-bond acceptors (Lipinski definition) is 3. The first-order chi connectivity index (χ1) is 10.1. The molecule has 1 amide bonds. The molecule has 1 aromatic carbocycles. The van der Waals surface area contributed by atoms with Crippen molar-refractivity contribution in [3.8, 4) is 0 Å². The van der Waals surface area contributed by atoms with Crippen molar-refractivity contribution in [2.45, 2.75) is 31.7 Å². The molecule has 7 heteroatoms. The number of benzene rings is 1.